The van der Waals surface area contributed by atoms with Crippen LogP contribution in [0, 0.1) is 13.8 Å². The van der Waals surface area contributed by atoms with E-state index in [1.54, 1.807) is 0 Å². The number of aromatic nitrogens is 2. The molecule has 2 aromatic rings. The van der Waals surface area contributed by atoms with Crippen LogP contribution in [0.15, 0.2) is 30.3 Å². The van der Waals surface area contributed by atoms with Gasteiger partial charge in [-0.05, 0) is 50.3 Å². The molecule has 0 spiro atoms. The first-order valence-electron chi connectivity index (χ1n) is 6.86. The van der Waals surface area contributed by atoms with E-state index >= 15 is 0 Å². The lowest BCUT2D eigenvalue weighted by Crippen LogP contribution is -2.28. The normalized spacial score (nSPS) is 17.9. The number of rotatable bonds is 2. The van der Waals surface area contributed by atoms with Crippen LogP contribution in [0.4, 0.5) is 5.95 Å². The van der Waals surface area contributed by atoms with Gasteiger partial charge in [0.15, 0.2) is 0 Å². The molecule has 98 valence electrons. The minimum Gasteiger partial charge on any atom is -0.351 e. The summed E-state index contributed by atoms with van der Waals surface area (Å²) in [7, 11) is 0. The molecule has 0 amide bonds. The summed E-state index contributed by atoms with van der Waals surface area (Å²) in [5, 5.41) is 3.48. The molecule has 1 atom stereocenters. The maximum Gasteiger partial charge on any atom is 0.223 e. The van der Waals surface area contributed by atoms with Crippen LogP contribution in [0.3, 0.4) is 0 Å². The molecule has 19 heavy (non-hydrogen) atoms. The smallest absolute Gasteiger partial charge is 0.223 e. The van der Waals surface area contributed by atoms with E-state index in [-0.39, 0.29) is 0 Å². The van der Waals surface area contributed by atoms with E-state index in [1.807, 2.05) is 19.9 Å². The van der Waals surface area contributed by atoms with Crippen LogP contribution < -0.4 is 5.32 Å². The molecule has 0 bridgehead atoms. The third-order valence-electron chi connectivity index (χ3n) is 3.66. The Hall–Kier alpha value is -1.90. The molecule has 3 nitrogen and oxygen atoms in total. The number of anilines is 1. The van der Waals surface area contributed by atoms with Crippen LogP contribution in [0.2, 0.25) is 0 Å². The first kappa shape index (κ1) is 12.2. The van der Waals surface area contributed by atoms with E-state index in [9.17, 15) is 0 Å². The van der Waals surface area contributed by atoms with Crippen molar-refractivity contribution in [1.29, 1.82) is 0 Å². The summed E-state index contributed by atoms with van der Waals surface area (Å²) in [4.78, 5) is 8.92. The Labute approximate surface area is 114 Å². The number of nitrogens with one attached hydrogen (secondary N) is 1. The summed E-state index contributed by atoms with van der Waals surface area (Å²) in [5.74, 6) is 0.766. The molecule has 3 rings (SSSR count). The van der Waals surface area contributed by atoms with Crippen molar-refractivity contribution in [3.63, 3.8) is 0 Å². The number of hydrogen-bond donors (Lipinski definition) is 1. The van der Waals surface area contributed by atoms with Gasteiger partial charge in [-0.15, -0.1) is 0 Å². The lowest BCUT2D eigenvalue weighted by molar-refractivity contribution is 0.605. The Kier molecular flexibility index (Phi) is 3.20. The van der Waals surface area contributed by atoms with E-state index in [1.165, 1.54) is 11.1 Å². The van der Waals surface area contributed by atoms with E-state index < -0.39 is 0 Å². The highest BCUT2D eigenvalue weighted by molar-refractivity contribution is 5.35. The molecule has 1 aliphatic carbocycles. The van der Waals surface area contributed by atoms with Gasteiger partial charge in [0.05, 0.1) is 0 Å². The Morgan fingerprint density at radius 2 is 1.74 bits per heavy atom. The molecule has 0 aliphatic heterocycles. The van der Waals surface area contributed by atoms with Crippen LogP contribution in [0.1, 0.15) is 28.9 Å². The van der Waals surface area contributed by atoms with E-state index in [4.69, 9.17) is 0 Å². The number of aryl methyl sites for hydroxylation is 3. The third kappa shape index (κ3) is 2.75. The molecule has 3 heteroatoms. The average molecular weight is 253 g/mol. The van der Waals surface area contributed by atoms with E-state index in [0.717, 1.165) is 36.6 Å². The van der Waals surface area contributed by atoms with Gasteiger partial charge >= 0.3 is 0 Å². The lowest BCUT2D eigenvalue weighted by Gasteiger charge is -2.25. The average Bonchev–Trinajstić information content (AvgIpc) is 2.37. The Balaban J connectivity index is 1.75. The Bertz CT molecular complexity index is 572. The predicted molar refractivity (Wildman–Crippen MR) is 77.4 cm³/mol. The van der Waals surface area contributed by atoms with Gasteiger partial charge < -0.3 is 5.32 Å². The molecule has 1 N–H and O–H groups in total. The molecule has 1 aliphatic rings. The second kappa shape index (κ2) is 5.00. The third-order valence-corrected chi connectivity index (χ3v) is 3.66. The van der Waals surface area contributed by atoms with Crippen molar-refractivity contribution in [3.05, 3.63) is 52.8 Å². The summed E-state index contributed by atoms with van der Waals surface area (Å²) in [5.41, 5.74) is 4.98. The SMILES string of the molecule is Cc1cc(C)nc(NC2CCc3ccccc3C2)n1. The quantitative estimate of drug-likeness (QED) is 0.894. The molecule has 1 heterocycles. The molecule has 0 fully saturated rings. The monoisotopic (exact) mass is 253 g/mol. The molecule has 1 aromatic carbocycles. The lowest BCUT2D eigenvalue weighted by atomic mass is 9.88. The van der Waals surface area contributed by atoms with E-state index in [2.05, 4.69) is 39.6 Å². The molecule has 1 unspecified atom stereocenters. The zero-order valence-electron chi connectivity index (χ0n) is 11.5. The predicted octanol–water partition coefficient (Wildman–Crippen LogP) is 3.06. The van der Waals surface area contributed by atoms with Gasteiger partial charge in [0.25, 0.3) is 0 Å². The molecular formula is C16H19N3. The number of benzene rings is 1. The van der Waals surface area contributed by atoms with Gasteiger partial charge in [-0.25, -0.2) is 9.97 Å². The van der Waals surface area contributed by atoms with Crippen molar-refractivity contribution in [2.45, 2.75) is 39.2 Å². The maximum atomic E-state index is 4.46. The van der Waals surface area contributed by atoms with Crippen LogP contribution in [0.25, 0.3) is 0 Å². The Morgan fingerprint density at radius 3 is 2.47 bits per heavy atom. The number of nitrogens with zero attached hydrogens (tertiary/aromatic N) is 2. The zero-order valence-corrected chi connectivity index (χ0v) is 11.5. The van der Waals surface area contributed by atoms with Gasteiger partial charge in [-0.2, -0.15) is 0 Å². The highest BCUT2D eigenvalue weighted by Crippen LogP contribution is 2.22. The molecular weight excluding hydrogens is 234 g/mol. The molecule has 0 radical (unpaired) electrons. The fourth-order valence-corrected chi connectivity index (χ4v) is 2.79. The van der Waals surface area contributed by atoms with E-state index in [0.29, 0.717) is 6.04 Å². The summed E-state index contributed by atoms with van der Waals surface area (Å²) in [6.07, 6.45) is 3.35. The molecule has 1 aromatic heterocycles. The van der Waals surface area contributed by atoms with Crippen molar-refractivity contribution >= 4 is 5.95 Å². The first-order chi connectivity index (χ1) is 9.20. The first-order valence-corrected chi connectivity index (χ1v) is 6.86. The second-order valence-electron chi connectivity index (χ2n) is 5.33. The summed E-state index contributed by atoms with van der Waals surface area (Å²) in [6.45, 7) is 4.02. The van der Waals surface area contributed by atoms with Crippen molar-refractivity contribution < 1.29 is 0 Å². The number of hydrogen-bond acceptors (Lipinski definition) is 3. The largest absolute Gasteiger partial charge is 0.351 e. The Morgan fingerprint density at radius 1 is 1.05 bits per heavy atom. The minimum absolute atomic E-state index is 0.441. The minimum atomic E-state index is 0.441. The topological polar surface area (TPSA) is 37.8 Å². The van der Waals surface area contributed by atoms with Gasteiger partial charge in [-0.1, -0.05) is 24.3 Å². The zero-order chi connectivity index (χ0) is 13.2. The van der Waals surface area contributed by atoms with Crippen molar-refractivity contribution in [1.82, 2.24) is 9.97 Å². The van der Waals surface area contributed by atoms with Crippen molar-refractivity contribution in [2.24, 2.45) is 0 Å². The maximum absolute atomic E-state index is 4.46. The van der Waals surface area contributed by atoms with Crippen molar-refractivity contribution in [2.75, 3.05) is 5.32 Å². The molecule has 0 saturated heterocycles. The van der Waals surface area contributed by atoms with Crippen LogP contribution in [-0.2, 0) is 12.8 Å². The standard InChI is InChI=1S/C16H19N3/c1-11-9-12(2)18-16(17-11)19-15-8-7-13-5-3-4-6-14(13)10-15/h3-6,9,15H,7-8,10H2,1-2H3,(H,17,18,19). The van der Waals surface area contributed by atoms with Crippen molar-refractivity contribution in [3.8, 4) is 0 Å². The van der Waals surface area contributed by atoms with Crippen LogP contribution in [0.5, 0.6) is 0 Å². The van der Waals surface area contributed by atoms with Gasteiger partial charge in [0.1, 0.15) is 0 Å². The summed E-state index contributed by atoms with van der Waals surface area (Å²) < 4.78 is 0. The summed E-state index contributed by atoms with van der Waals surface area (Å²) >= 11 is 0. The molecule has 0 saturated carbocycles. The van der Waals surface area contributed by atoms with Gasteiger partial charge in [0.2, 0.25) is 5.95 Å². The summed E-state index contributed by atoms with van der Waals surface area (Å²) in [6, 6.07) is 11.1. The highest BCUT2D eigenvalue weighted by atomic mass is 15.1. The van der Waals surface area contributed by atoms with Gasteiger partial charge in [-0.3, -0.25) is 0 Å². The van der Waals surface area contributed by atoms with Crippen LogP contribution in [-0.4, -0.2) is 16.0 Å². The van der Waals surface area contributed by atoms with Crippen LogP contribution >= 0.6 is 0 Å². The van der Waals surface area contributed by atoms with Gasteiger partial charge in [0, 0.05) is 17.4 Å². The number of fused-ring (bicyclic) bond motifs is 1. The highest BCUT2D eigenvalue weighted by Gasteiger charge is 2.18. The fraction of sp³-hybridized carbons (Fsp3) is 0.375. The second-order valence-corrected chi connectivity index (χ2v) is 5.33. The fourth-order valence-electron chi connectivity index (χ4n) is 2.79.